The second-order valence-corrected chi connectivity index (χ2v) is 6.85. The molecule has 8 heteroatoms. The summed E-state index contributed by atoms with van der Waals surface area (Å²) in [5.41, 5.74) is -0.0321. The van der Waals surface area contributed by atoms with Crippen LogP contribution < -0.4 is 4.90 Å². The lowest BCUT2D eigenvalue weighted by Crippen LogP contribution is -2.36. The Morgan fingerprint density at radius 2 is 1.72 bits per heavy atom. The monoisotopic (exact) mass is 400 g/mol. The van der Waals surface area contributed by atoms with Gasteiger partial charge in [-0.15, -0.1) is 0 Å². The van der Waals surface area contributed by atoms with Crippen LogP contribution in [0.15, 0.2) is 63.8 Å². The normalized spacial score (nSPS) is 16.4. The quantitative estimate of drug-likeness (QED) is 0.632. The third kappa shape index (κ3) is 4.06. The molecule has 0 aliphatic carbocycles. The van der Waals surface area contributed by atoms with Gasteiger partial charge in [0.2, 0.25) is 11.8 Å². The van der Waals surface area contributed by atoms with Gasteiger partial charge in [-0.25, -0.2) is 8.78 Å². The molecular weight excluding hydrogens is 382 g/mol. The van der Waals surface area contributed by atoms with Crippen molar-refractivity contribution in [2.45, 2.75) is 19.5 Å². The van der Waals surface area contributed by atoms with Crippen molar-refractivity contribution in [1.82, 2.24) is 4.90 Å². The van der Waals surface area contributed by atoms with Crippen LogP contribution in [0.1, 0.15) is 17.9 Å². The fraction of sp³-hybridized carbons (Fsp3) is 0.238. The minimum atomic E-state index is -0.838. The third-order valence-electron chi connectivity index (χ3n) is 4.84. The van der Waals surface area contributed by atoms with Gasteiger partial charge in [0.05, 0.1) is 37.2 Å². The number of benzene rings is 1. The highest BCUT2D eigenvalue weighted by Crippen LogP contribution is 2.29. The van der Waals surface area contributed by atoms with Crippen LogP contribution in [-0.4, -0.2) is 23.3 Å². The second kappa shape index (κ2) is 7.90. The van der Waals surface area contributed by atoms with Crippen molar-refractivity contribution in [2.75, 3.05) is 11.4 Å². The standard InChI is InChI=1S/C21H18F2N2O4/c22-15-5-6-19(18(23)10-15)25-11-14(9-20(25)26)21(27)24(12-16-3-1-7-28-16)13-17-4-2-8-29-17/h1-8,10,14H,9,11-13H2. The largest absolute Gasteiger partial charge is 0.467 e. The van der Waals surface area contributed by atoms with Gasteiger partial charge in [0, 0.05) is 19.0 Å². The van der Waals surface area contributed by atoms with E-state index in [4.69, 9.17) is 8.83 Å². The molecule has 2 aromatic heterocycles. The van der Waals surface area contributed by atoms with Gasteiger partial charge < -0.3 is 18.6 Å². The first-order valence-electron chi connectivity index (χ1n) is 9.10. The molecule has 0 saturated carbocycles. The highest BCUT2D eigenvalue weighted by atomic mass is 19.1. The van der Waals surface area contributed by atoms with Crippen LogP contribution >= 0.6 is 0 Å². The first-order valence-corrected chi connectivity index (χ1v) is 9.10. The third-order valence-corrected chi connectivity index (χ3v) is 4.84. The number of furan rings is 2. The summed E-state index contributed by atoms with van der Waals surface area (Å²) in [7, 11) is 0. The molecule has 1 aliphatic rings. The van der Waals surface area contributed by atoms with Gasteiger partial charge in [-0.3, -0.25) is 9.59 Å². The highest BCUT2D eigenvalue weighted by molar-refractivity contribution is 6.00. The summed E-state index contributed by atoms with van der Waals surface area (Å²) in [4.78, 5) is 28.3. The fourth-order valence-corrected chi connectivity index (χ4v) is 3.46. The molecule has 1 fully saturated rings. The molecule has 1 aromatic carbocycles. The molecule has 0 spiro atoms. The lowest BCUT2D eigenvalue weighted by atomic mass is 10.1. The average Bonchev–Trinajstić information content (AvgIpc) is 3.44. The van der Waals surface area contributed by atoms with Crippen molar-refractivity contribution in [3.05, 3.63) is 78.1 Å². The number of amides is 2. The van der Waals surface area contributed by atoms with E-state index in [1.165, 1.54) is 23.5 Å². The van der Waals surface area contributed by atoms with Crippen LogP contribution in [0.5, 0.6) is 0 Å². The van der Waals surface area contributed by atoms with Gasteiger partial charge in [0.25, 0.3) is 0 Å². The van der Waals surface area contributed by atoms with Crippen molar-refractivity contribution >= 4 is 17.5 Å². The van der Waals surface area contributed by atoms with E-state index in [0.29, 0.717) is 11.5 Å². The van der Waals surface area contributed by atoms with Gasteiger partial charge >= 0.3 is 0 Å². The minimum absolute atomic E-state index is 0.0209. The van der Waals surface area contributed by atoms with E-state index in [1.807, 2.05) is 0 Å². The molecule has 1 atom stereocenters. The van der Waals surface area contributed by atoms with Crippen LogP contribution in [0.2, 0.25) is 0 Å². The molecule has 0 radical (unpaired) electrons. The summed E-state index contributed by atoms with van der Waals surface area (Å²) in [6.07, 6.45) is 2.98. The number of carbonyl (C=O) groups excluding carboxylic acids is 2. The summed E-state index contributed by atoms with van der Waals surface area (Å²) in [6.45, 7) is 0.442. The van der Waals surface area contributed by atoms with Crippen molar-refractivity contribution in [3.63, 3.8) is 0 Å². The molecule has 150 valence electrons. The lowest BCUT2D eigenvalue weighted by molar-refractivity contribution is -0.137. The van der Waals surface area contributed by atoms with Crippen molar-refractivity contribution < 1.29 is 27.2 Å². The van der Waals surface area contributed by atoms with E-state index in [-0.39, 0.29) is 43.6 Å². The van der Waals surface area contributed by atoms with Crippen molar-refractivity contribution in [1.29, 1.82) is 0 Å². The lowest BCUT2D eigenvalue weighted by Gasteiger charge is -2.24. The van der Waals surface area contributed by atoms with Gasteiger partial charge in [0.1, 0.15) is 23.2 Å². The number of halogens is 2. The minimum Gasteiger partial charge on any atom is -0.467 e. The Kier molecular flexibility index (Phi) is 5.16. The molecule has 0 N–H and O–H groups in total. The molecule has 3 aromatic rings. The van der Waals surface area contributed by atoms with Gasteiger partial charge in [-0.05, 0) is 36.4 Å². The van der Waals surface area contributed by atoms with Crippen LogP contribution in [0, 0.1) is 17.6 Å². The first kappa shape index (κ1) is 18.9. The summed E-state index contributed by atoms with van der Waals surface area (Å²) >= 11 is 0. The fourth-order valence-electron chi connectivity index (χ4n) is 3.46. The number of rotatable bonds is 6. The number of hydrogen-bond donors (Lipinski definition) is 0. The predicted molar refractivity (Wildman–Crippen MR) is 98.5 cm³/mol. The summed E-state index contributed by atoms with van der Waals surface area (Å²) < 4.78 is 38.0. The maximum Gasteiger partial charge on any atom is 0.228 e. The Morgan fingerprint density at radius 1 is 1.07 bits per heavy atom. The van der Waals surface area contributed by atoms with E-state index in [0.717, 1.165) is 12.1 Å². The van der Waals surface area contributed by atoms with E-state index in [2.05, 4.69) is 0 Å². The number of anilines is 1. The highest BCUT2D eigenvalue weighted by Gasteiger charge is 2.38. The maximum atomic E-state index is 14.1. The number of nitrogens with zero attached hydrogens (tertiary/aromatic N) is 2. The second-order valence-electron chi connectivity index (χ2n) is 6.85. The predicted octanol–water partition coefficient (Wildman–Crippen LogP) is 3.73. The van der Waals surface area contributed by atoms with Crippen LogP contribution in [0.3, 0.4) is 0 Å². The average molecular weight is 400 g/mol. The maximum absolute atomic E-state index is 14.1. The van der Waals surface area contributed by atoms with Crippen LogP contribution in [0.25, 0.3) is 0 Å². The van der Waals surface area contributed by atoms with Gasteiger partial charge in [0.15, 0.2) is 0 Å². The topological polar surface area (TPSA) is 66.9 Å². The Labute approximate surface area is 165 Å². The Morgan fingerprint density at radius 3 is 2.28 bits per heavy atom. The zero-order valence-electron chi connectivity index (χ0n) is 15.4. The summed E-state index contributed by atoms with van der Waals surface area (Å²) in [6, 6.07) is 9.97. The Balaban J connectivity index is 1.53. The number of hydrogen-bond acceptors (Lipinski definition) is 4. The van der Waals surface area contributed by atoms with Crippen molar-refractivity contribution in [2.24, 2.45) is 5.92 Å². The zero-order valence-corrected chi connectivity index (χ0v) is 15.4. The van der Waals surface area contributed by atoms with Crippen molar-refractivity contribution in [3.8, 4) is 0 Å². The molecule has 3 heterocycles. The molecule has 1 saturated heterocycles. The van der Waals surface area contributed by atoms with Gasteiger partial charge in [-0.2, -0.15) is 0 Å². The molecule has 1 aliphatic heterocycles. The zero-order chi connectivity index (χ0) is 20.4. The van der Waals surface area contributed by atoms with E-state index in [9.17, 15) is 18.4 Å². The first-order chi connectivity index (χ1) is 14.0. The Bertz CT molecular complexity index is 966. The summed E-state index contributed by atoms with van der Waals surface area (Å²) in [5.74, 6) is -1.69. The smallest absolute Gasteiger partial charge is 0.228 e. The molecule has 1 unspecified atom stereocenters. The SMILES string of the molecule is O=C(C1CC(=O)N(c2ccc(F)cc2F)C1)N(Cc1ccco1)Cc1ccco1. The summed E-state index contributed by atoms with van der Waals surface area (Å²) in [5, 5.41) is 0. The molecule has 4 rings (SSSR count). The van der Waals surface area contributed by atoms with Crippen LogP contribution in [-0.2, 0) is 22.7 Å². The van der Waals surface area contributed by atoms with Gasteiger partial charge in [-0.1, -0.05) is 0 Å². The molecule has 0 bridgehead atoms. The van der Waals surface area contributed by atoms with E-state index < -0.39 is 17.6 Å². The molecule has 6 nitrogen and oxygen atoms in total. The Hall–Kier alpha value is -3.42. The van der Waals surface area contributed by atoms with E-state index in [1.54, 1.807) is 29.2 Å². The van der Waals surface area contributed by atoms with E-state index >= 15 is 0 Å². The molecular formula is C21H18F2N2O4. The molecule has 29 heavy (non-hydrogen) atoms. The van der Waals surface area contributed by atoms with Crippen LogP contribution in [0.4, 0.5) is 14.5 Å². The number of carbonyl (C=O) groups is 2. The molecule has 2 amide bonds.